The SMILES string of the molecule is COC[C@@]1(C(=O)Nc2ccc3[nH]nc(-c4ccc(F)nc4)c3c2)CCN(CC(=O)N2CC=C(c3ccc(-c4ncccn4)cc3)CC2)C1.COC[C@@]1(C(=O)Nc2ccc3[nH]nc(-c4ccc(F)nc4)c3c2)CCN(CC(=O)N2CC=C(c3nccs3)CC2)C1.CO[C@@]1(C(=O)Nc2ccc3[nH]nc(-c4ccc(F)nc4)c3c2)CCN(CC(=O)N2CC=C(c3cnn(-c4ncccn4)c3)CC2)C1. The van der Waals surface area contributed by atoms with Crippen LogP contribution in [0.25, 0.3) is 101 Å². The van der Waals surface area contributed by atoms with E-state index in [4.69, 9.17) is 14.2 Å². The molecule has 6 amide bonds. The van der Waals surface area contributed by atoms with Gasteiger partial charge in [-0.3, -0.25) is 58.8 Å². The molecule has 0 unspecified atom stereocenters. The first kappa shape index (κ1) is 90.9. The van der Waals surface area contributed by atoms with Crippen molar-refractivity contribution in [3.63, 3.8) is 0 Å². The number of nitrogens with zero attached hydrogens (tertiary/aromatic N) is 19. The minimum absolute atomic E-state index is 0.00390. The lowest BCUT2D eigenvalue weighted by atomic mass is 9.86. The number of nitrogens with one attached hydrogen (secondary N) is 6. The van der Waals surface area contributed by atoms with Crippen LogP contribution in [0.4, 0.5) is 30.2 Å². The number of hydrogen-bond donors (Lipinski definition) is 6. The van der Waals surface area contributed by atoms with Gasteiger partial charge in [-0.05, 0) is 177 Å². The van der Waals surface area contributed by atoms with Gasteiger partial charge in [0.05, 0.1) is 66.4 Å². The van der Waals surface area contributed by atoms with Gasteiger partial charge >= 0.3 is 0 Å². The minimum Gasteiger partial charge on any atom is -0.384 e. The van der Waals surface area contributed by atoms with Gasteiger partial charge in [-0.15, -0.1) is 11.3 Å². The summed E-state index contributed by atoms with van der Waals surface area (Å²) < 4.78 is 58.5. The van der Waals surface area contributed by atoms with Crippen molar-refractivity contribution in [1.29, 1.82) is 0 Å². The number of H-pyrrole nitrogens is 3. The number of hydrogen-bond acceptors (Lipinski definition) is 25. The number of rotatable bonds is 25. The first-order valence-electron chi connectivity index (χ1n) is 44.2. The summed E-state index contributed by atoms with van der Waals surface area (Å²) in [7, 11) is 4.69. The van der Waals surface area contributed by atoms with Crippen molar-refractivity contribution in [2.75, 3.05) is 149 Å². The van der Waals surface area contributed by atoms with Crippen molar-refractivity contribution in [2.24, 2.45) is 10.8 Å². The average Bonchev–Trinajstić information content (AvgIpc) is 1.67. The van der Waals surface area contributed by atoms with Gasteiger partial charge < -0.3 is 44.9 Å². The van der Waals surface area contributed by atoms with Crippen LogP contribution < -0.4 is 16.0 Å². The molecule has 6 aliphatic rings. The molecule has 0 bridgehead atoms. The lowest BCUT2D eigenvalue weighted by Crippen LogP contribution is -2.48. The molecule has 6 aliphatic heterocycles. The van der Waals surface area contributed by atoms with Crippen molar-refractivity contribution in [2.45, 2.75) is 44.1 Å². The zero-order chi connectivity index (χ0) is 93.2. The monoisotopic (exact) mass is 1840 g/mol. The standard InChI is InChI=1S/C36H35FN8O3.C32H31FN10O3.C29H30FN7O3S/c1-48-23-36(35(47)41-28-8-9-30-29(19-28)33(43-42-30)27-7-10-31(37)40-20-27)13-18-44(22-36)21-32(46)45-16-11-25(12-17-45)24-3-5-26(6-4-24)34-38-14-2-15-39-34;1-46-32(30(45)38-24-4-5-26-25(15-24)29(40-39-26)22-3-6-27(33)36-16-22)9-14-41(20-32)19-28(44)42-12-7-21(8-13-42)23-17-37-43(18-23)31-34-10-2-11-35-31;1-40-18-29(8-12-36(17-29)16-25(38)37-10-6-19(7-11-37)27-31-9-13-41-27)28(39)33-21-3-4-23-22(14-21)26(35-34-23)20-2-5-24(30)32-15-20/h2-11,14-15,19-20H,12-13,16-18,21-23H2,1H3,(H,41,47)(H,42,43);2-7,10-11,15-18H,8-9,12-14,19-20H2,1H3,(H,38,45)(H,39,40);2-6,9,13-15H,7-8,10-12,16-18H2,1H3,(H,33,39)(H,34,35)/t36-;32-;29-/m101/s1. The second-order valence-electron chi connectivity index (χ2n) is 34.1. The van der Waals surface area contributed by atoms with Crippen LogP contribution >= 0.6 is 11.3 Å². The highest BCUT2D eigenvalue weighted by atomic mass is 32.1. The average molecular weight is 1850 g/mol. The predicted molar refractivity (Wildman–Crippen MR) is 502 cm³/mol. The third kappa shape index (κ3) is 20.5. The van der Waals surface area contributed by atoms with Gasteiger partial charge in [-0.1, -0.05) is 42.5 Å². The quantitative estimate of drug-likeness (QED) is 0.0289. The van der Waals surface area contributed by atoms with Crippen LogP contribution in [0.5, 0.6) is 0 Å². The number of amides is 6. The van der Waals surface area contributed by atoms with E-state index in [0.29, 0.717) is 160 Å². The van der Waals surface area contributed by atoms with E-state index < -0.39 is 34.3 Å². The van der Waals surface area contributed by atoms with E-state index in [1.807, 2.05) is 102 Å². The lowest BCUT2D eigenvalue weighted by Gasteiger charge is -2.30. The number of aromatic amines is 3. The highest BCUT2D eigenvalue weighted by Gasteiger charge is 2.49. The van der Waals surface area contributed by atoms with E-state index in [9.17, 15) is 41.9 Å². The Hall–Kier alpha value is -14.7. The number of anilines is 3. The highest BCUT2D eigenvalue weighted by Crippen LogP contribution is 2.40. The Morgan fingerprint density at radius 3 is 1.26 bits per heavy atom. The predicted octanol–water partition coefficient (Wildman–Crippen LogP) is 11.7. The van der Waals surface area contributed by atoms with E-state index >= 15 is 0 Å². The van der Waals surface area contributed by atoms with Gasteiger partial charge in [-0.2, -0.15) is 33.6 Å². The van der Waals surface area contributed by atoms with Crippen molar-refractivity contribution < 1.29 is 56.1 Å². The first-order chi connectivity index (χ1) is 65.7. The zero-order valence-electron chi connectivity index (χ0n) is 74.2. The van der Waals surface area contributed by atoms with Crippen molar-refractivity contribution in [3.8, 4) is 51.1 Å². The molecule has 0 saturated carbocycles. The number of methoxy groups -OCH3 is 3. The Kier molecular flexibility index (Phi) is 27.2. The fourth-order valence-electron chi connectivity index (χ4n) is 18.1. The number of ether oxygens (including phenoxy) is 3. The van der Waals surface area contributed by atoms with Crippen molar-refractivity contribution in [3.05, 3.63) is 247 Å². The molecule has 690 valence electrons. The molecular formula is C97H96F3N25O9S. The lowest BCUT2D eigenvalue weighted by molar-refractivity contribution is -0.138. The molecule has 0 radical (unpaired) electrons. The Labute approximate surface area is 776 Å². The zero-order valence-corrected chi connectivity index (χ0v) is 75.0. The number of carbonyl (C=O) groups is 6. The molecule has 16 heterocycles. The molecule has 6 N–H and O–H groups in total. The Morgan fingerprint density at radius 2 is 0.844 bits per heavy atom. The maximum atomic E-state index is 13.8. The van der Waals surface area contributed by atoms with E-state index in [2.05, 4.69) is 122 Å². The maximum absolute atomic E-state index is 13.8. The number of halogens is 3. The number of likely N-dealkylation sites (tertiary alicyclic amines) is 3. The van der Waals surface area contributed by atoms with Gasteiger partial charge in [0.25, 0.3) is 5.91 Å². The summed E-state index contributed by atoms with van der Waals surface area (Å²) in [6.45, 7) is 7.57. The second-order valence-corrected chi connectivity index (χ2v) is 35.0. The molecule has 0 aliphatic carbocycles. The number of benzene rings is 4. The van der Waals surface area contributed by atoms with E-state index in [1.54, 1.807) is 104 Å². The van der Waals surface area contributed by atoms with Crippen molar-refractivity contribution >= 4 is 113 Å². The number of thiazole rings is 1. The summed E-state index contributed by atoms with van der Waals surface area (Å²) in [5, 5.41) is 40.8. The molecule has 0 spiro atoms. The van der Waals surface area contributed by atoms with E-state index in [0.717, 1.165) is 72.8 Å². The molecule has 10 aromatic heterocycles. The van der Waals surface area contributed by atoms with Crippen LogP contribution in [-0.2, 0) is 43.0 Å². The maximum Gasteiger partial charge on any atom is 0.258 e. The van der Waals surface area contributed by atoms with Gasteiger partial charge in [0.15, 0.2) is 11.4 Å². The largest absolute Gasteiger partial charge is 0.384 e. The third-order valence-electron chi connectivity index (χ3n) is 25.5. The molecule has 20 rings (SSSR count). The normalized spacial score (nSPS) is 18.7. The molecule has 3 fully saturated rings. The molecule has 38 heteroatoms. The number of fused-ring (bicyclic) bond motifs is 3. The molecule has 4 aromatic carbocycles. The van der Waals surface area contributed by atoms with Gasteiger partial charge in [0.2, 0.25) is 53.3 Å². The third-order valence-corrected chi connectivity index (χ3v) is 26.4. The smallest absolute Gasteiger partial charge is 0.258 e. The first-order valence-corrected chi connectivity index (χ1v) is 45.1. The molecule has 135 heavy (non-hydrogen) atoms. The fourth-order valence-corrected chi connectivity index (χ4v) is 18.8. The summed E-state index contributed by atoms with van der Waals surface area (Å²) in [6.07, 6.45) is 26.7. The van der Waals surface area contributed by atoms with E-state index in [1.165, 1.54) is 55.0 Å². The number of carbonyl (C=O) groups excluding carboxylic acids is 6. The van der Waals surface area contributed by atoms with Crippen molar-refractivity contribution in [1.82, 2.24) is 110 Å². The Bertz CT molecular complexity index is 6750. The number of pyridine rings is 3. The van der Waals surface area contributed by atoms with Crippen LogP contribution in [0.1, 0.15) is 54.7 Å². The molecule has 34 nitrogen and oxygen atoms in total. The summed E-state index contributed by atoms with van der Waals surface area (Å²) in [5.41, 5.74) is 11.8. The molecule has 14 aromatic rings. The fraction of sp³-hybridized carbons (Fsp3) is 0.299. The second kappa shape index (κ2) is 40.4. The Morgan fingerprint density at radius 1 is 0.430 bits per heavy atom. The minimum atomic E-state index is -1.10. The summed E-state index contributed by atoms with van der Waals surface area (Å²) in [6, 6.07) is 36.9. The topological polar surface area (TPSA) is 393 Å². The molecule has 3 saturated heterocycles. The summed E-state index contributed by atoms with van der Waals surface area (Å²) in [4.78, 5) is 125. The van der Waals surface area contributed by atoms with Crippen LogP contribution in [0.2, 0.25) is 0 Å². The molecule has 3 atom stereocenters. The van der Waals surface area contributed by atoms with Crippen LogP contribution in [0.15, 0.2) is 213 Å². The Balaban J connectivity index is 0.000000136. The van der Waals surface area contributed by atoms with E-state index in [-0.39, 0.29) is 74.8 Å². The van der Waals surface area contributed by atoms with Gasteiger partial charge in [0.1, 0.15) is 22.1 Å². The number of aromatic nitrogens is 16. The molecular weight excluding hydrogens is 1750 g/mol. The van der Waals surface area contributed by atoms with Gasteiger partial charge in [-0.25, -0.2) is 44.6 Å². The van der Waals surface area contributed by atoms with Crippen LogP contribution in [-0.4, -0.2) is 283 Å². The summed E-state index contributed by atoms with van der Waals surface area (Å²) in [5.74, 6) is -1.01. The van der Waals surface area contributed by atoms with Crippen LogP contribution in [0, 0.1) is 28.7 Å². The summed E-state index contributed by atoms with van der Waals surface area (Å²) >= 11 is 1.61. The van der Waals surface area contributed by atoms with Crippen LogP contribution in [0.3, 0.4) is 0 Å². The van der Waals surface area contributed by atoms with Gasteiger partial charge in [0, 0.05) is 209 Å². The highest BCUT2D eigenvalue weighted by molar-refractivity contribution is 7.10.